The standard InChI is InChI=1S/C59H70/c1-7-9-11-13-15-23-33-52-53(34-24-16-14-12-10-8-2)55(44-35-39-49(40-36-44)58(3,4)47-28-19-17-20-29-47)56(57-51-32-26-25-27-46(51)43-54(52)57)45-37-41-50(42-38-45)59(5,6)48-30-21-18-22-31-48/h17-22,25-32,35-42H,7-16,23-24,33-34,43H2,1-6H3. The average molecular weight is 779 g/mol. The summed E-state index contributed by atoms with van der Waals surface area (Å²) in [6.07, 6.45) is 19.2. The van der Waals surface area contributed by atoms with Crippen molar-refractivity contribution < 1.29 is 0 Å². The van der Waals surface area contributed by atoms with Crippen molar-refractivity contribution in [1.82, 2.24) is 0 Å². The second kappa shape index (κ2) is 19.6. The zero-order valence-electron chi connectivity index (χ0n) is 37.3. The van der Waals surface area contributed by atoms with E-state index in [0.717, 1.165) is 12.8 Å². The maximum atomic E-state index is 2.47. The highest BCUT2D eigenvalue weighted by Crippen LogP contribution is 2.52. The molecule has 0 saturated carbocycles. The molecular weight excluding hydrogens is 709 g/mol. The SMILES string of the molecule is CCCCCCCCc1c(CCCCCCCC)c(-c2ccc(C(C)(C)c3ccccc3)cc2)c(-c2ccc(C(C)(C)c3ccccc3)cc2)c2c1Cc1ccccc1-2. The number of hydrogen-bond acceptors (Lipinski definition) is 0. The van der Waals surface area contributed by atoms with Crippen LogP contribution in [0, 0.1) is 0 Å². The van der Waals surface area contributed by atoms with Gasteiger partial charge in [0, 0.05) is 10.8 Å². The summed E-state index contributed by atoms with van der Waals surface area (Å²) in [4.78, 5) is 0. The number of rotatable bonds is 20. The molecule has 0 amide bonds. The Bertz CT molecular complexity index is 2230. The molecule has 1 aliphatic carbocycles. The lowest BCUT2D eigenvalue weighted by Gasteiger charge is -2.29. The fourth-order valence-electron chi connectivity index (χ4n) is 10.0. The van der Waals surface area contributed by atoms with Gasteiger partial charge in [-0.1, -0.05) is 239 Å². The van der Waals surface area contributed by atoms with Crippen LogP contribution < -0.4 is 0 Å². The van der Waals surface area contributed by atoms with Gasteiger partial charge in [0.1, 0.15) is 0 Å². The summed E-state index contributed by atoms with van der Waals surface area (Å²) in [5, 5.41) is 0. The van der Waals surface area contributed by atoms with Crippen molar-refractivity contribution in [1.29, 1.82) is 0 Å². The average Bonchev–Trinajstić information content (AvgIpc) is 3.66. The number of fused-ring (bicyclic) bond motifs is 3. The molecule has 0 aromatic heterocycles. The van der Waals surface area contributed by atoms with Gasteiger partial charge in [-0.3, -0.25) is 0 Å². The van der Waals surface area contributed by atoms with Crippen LogP contribution in [0.4, 0.5) is 0 Å². The maximum Gasteiger partial charge on any atom is 0.0146 e. The maximum absolute atomic E-state index is 2.47. The highest BCUT2D eigenvalue weighted by molar-refractivity contribution is 6.01. The highest BCUT2D eigenvalue weighted by atomic mass is 14.4. The summed E-state index contributed by atoms with van der Waals surface area (Å²) >= 11 is 0. The van der Waals surface area contributed by atoms with E-state index in [1.54, 1.807) is 16.7 Å². The van der Waals surface area contributed by atoms with Gasteiger partial charge >= 0.3 is 0 Å². The molecule has 6 aromatic carbocycles. The second-order valence-electron chi connectivity index (χ2n) is 18.6. The predicted octanol–water partition coefficient (Wildman–Crippen LogP) is 17.0. The van der Waals surface area contributed by atoms with E-state index in [2.05, 4.69) is 175 Å². The van der Waals surface area contributed by atoms with Gasteiger partial charge in [0.15, 0.2) is 0 Å². The molecular formula is C59H70. The Morgan fingerprint density at radius 2 is 0.780 bits per heavy atom. The molecule has 306 valence electrons. The third-order valence-corrected chi connectivity index (χ3v) is 13.8. The molecule has 0 fully saturated rings. The topological polar surface area (TPSA) is 0 Å². The molecule has 0 bridgehead atoms. The molecule has 6 aromatic rings. The van der Waals surface area contributed by atoms with Gasteiger partial charge in [0.25, 0.3) is 0 Å². The van der Waals surface area contributed by atoms with Crippen LogP contribution in [0.5, 0.6) is 0 Å². The van der Waals surface area contributed by atoms with Gasteiger partial charge in [-0.2, -0.15) is 0 Å². The lowest BCUT2D eigenvalue weighted by atomic mass is 9.75. The van der Waals surface area contributed by atoms with E-state index >= 15 is 0 Å². The van der Waals surface area contributed by atoms with Gasteiger partial charge in [-0.05, 0) is 110 Å². The van der Waals surface area contributed by atoms with E-state index in [0.29, 0.717) is 0 Å². The van der Waals surface area contributed by atoms with Crippen LogP contribution in [-0.2, 0) is 30.1 Å². The zero-order chi connectivity index (χ0) is 41.2. The molecule has 0 radical (unpaired) electrons. The van der Waals surface area contributed by atoms with Crippen molar-refractivity contribution in [2.24, 2.45) is 0 Å². The third kappa shape index (κ3) is 9.39. The van der Waals surface area contributed by atoms with Crippen molar-refractivity contribution in [3.8, 4) is 33.4 Å². The normalized spacial score (nSPS) is 12.4. The van der Waals surface area contributed by atoms with Gasteiger partial charge in [0.2, 0.25) is 0 Å². The van der Waals surface area contributed by atoms with Gasteiger partial charge < -0.3 is 0 Å². The van der Waals surface area contributed by atoms with Crippen molar-refractivity contribution in [3.05, 3.63) is 178 Å². The first kappa shape index (κ1) is 42.4. The fourth-order valence-corrected chi connectivity index (χ4v) is 10.0. The fraction of sp³-hybridized carbons (Fsp3) is 0.390. The summed E-state index contributed by atoms with van der Waals surface area (Å²) in [7, 11) is 0. The highest BCUT2D eigenvalue weighted by Gasteiger charge is 2.32. The van der Waals surface area contributed by atoms with E-state index in [-0.39, 0.29) is 10.8 Å². The van der Waals surface area contributed by atoms with Gasteiger partial charge in [-0.25, -0.2) is 0 Å². The van der Waals surface area contributed by atoms with Crippen molar-refractivity contribution in [3.63, 3.8) is 0 Å². The minimum atomic E-state index is -0.0948. The Morgan fingerprint density at radius 3 is 1.29 bits per heavy atom. The first-order valence-corrected chi connectivity index (χ1v) is 23.4. The minimum absolute atomic E-state index is 0.0921. The summed E-state index contributed by atoms with van der Waals surface area (Å²) < 4.78 is 0. The second-order valence-corrected chi connectivity index (χ2v) is 18.6. The number of benzene rings is 6. The molecule has 0 saturated heterocycles. The quantitative estimate of drug-likeness (QED) is 0.0676. The molecule has 0 heteroatoms. The summed E-state index contributed by atoms with van der Waals surface area (Å²) in [6.45, 7) is 14.1. The molecule has 0 heterocycles. The smallest absolute Gasteiger partial charge is 0.0146 e. The predicted molar refractivity (Wildman–Crippen MR) is 257 cm³/mol. The van der Waals surface area contributed by atoms with E-state index in [1.165, 1.54) is 145 Å². The Kier molecular flexibility index (Phi) is 14.1. The van der Waals surface area contributed by atoms with Crippen LogP contribution in [0.2, 0.25) is 0 Å². The third-order valence-electron chi connectivity index (χ3n) is 13.8. The van der Waals surface area contributed by atoms with Crippen LogP contribution in [0.3, 0.4) is 0 Å². The summed E-state index contributed by atoms with van der Waals surface area (Å²) in [6, 6.07) is 50.9. The largest absolute Gasteiger partial charge is 0.0654 e. The van der Waals surface area contributed by atoms with Crippen LogP contribution >= 0.6 is 0 Å². The molecule has 0 atom stereocenters. The molecule has 7 rings (SSSR count). The molecule has 0 N–H and O–H groups in total. The molecule has 0 unspecified atom stereocenters. The monoisotopic (exact) mass is 779 g/mol. The molecule has 0 spiro atoms. The summed E-state index contributed by atoms with van der Waals surface area (Å²) in [5.41, 5.74) is 20.1. The number of unbranched alkanes of at least 4 members (excludes halogenated alkanes) is 10. The van der Waals surface area contributed by atoms with E-state index in [4.69, 9.17) is 0 Å². The summed E-state index contributed by atoms with van der Waals surface area (Å²) in [5.74, 6) is 0. The Balaban J connectivity index is 1.42. The zero-order valence-corrected chi connectivity index (χ0v) is 37.3. The van der Waals surface area contributed by atoms with Crippen LogP contribution in [-0.4, -0.2) is 0 Å². The Labute approximate surface area is 358 Å². The van der Waals surface area contributed by atoms with E-state index < -0.39 is 0 Å². The van der Waals surface area contributed by atoms with Crippen molar-refractivity contribution in [2.45, 2.75) is 149 Å². The van der Waals surface area contributed by atoms with Gasteiger partial charge in [-0.15, -0.1) is 0 Å². The van der Waals surface area contributed by atoms with Crippen LogP contribution in [0.1, 0.15) is 163 Å². The van der Waals surface area contributed by atoms with Gasteiger partial charge in [0.05, 0.1) is 0 Å². The molecule has 59 heavy (non-hydrogen) atoms. The Hall–Kier alpha value is -4.68. The molecule has 0 nitrogen and oxygen atoms in total. The Morgan fingerprint density at radius 1 is 0.373 bits per heavy atom. The lowest BCUT2D eigenvalue weighted by Crippen LogP contribution is -2.18. The van der Waals surface area contributed by atoms with Crippen LogP contribution in [0.15, 0.2) is 133 Å². The molecule has 1 aliphatic rings. The van der Waals surface area contributed by atoms with Crippen molar-refractivity contribution >= 4 is 0 Å². The minimum Gasteiger partial charge on any atom is -0.0654 e. The first-order valence-electron chi connectivity index (χ1n) is 23.4. The number of hydrogen-bond donors (Lipinski definition) is 0. The van der Waals surface area contributed by atoms with E-state index in [1.807, 2.05) is 0 Å². The first-order chi connectivity index (χ1) is 28.8. The van der Waals surface area contributed by atoms with E-state index in [9.17, 15) is 0 Å². The molecule has 0 aliphatic heterocycles. The van der Waals surface area contributed by atoms with Crippen molar-refractivity contribution in [2.75, 3.05) is 0 Å². The van der Waals surface area contributed by atoms with Crippen LogP contribution in [0.25, 0.3) is 33.4 Å². The lowest BCUT2D eigenvalue weighted by molar-refractivity contribution is 0.598.